The Hall–Kier alpha value is -0.720. The van der Waals surface area contributed by atoms with Crippen LogP contribution in [-0.4, -0.2) is 6.04 Å². The molecule has 1 atom stereocenters. The zero-order valence-corrected chi connectivity index (χ0v) is 10.00. The van der Waals surface area contributed by atoms with E-state index in [9.17, 15) is 0 Å². The summed E-state index contributed by atoms with van der Waals surface area (Å²) >= 11 is 0. The molecule has 0 aromatic carbocycles. The van der Waals surface area contributed by atoms with E-state index in [1.54, 1.807) is 0 Å². The van der Waals surface area contributed by atoms with Crippen LogP contribution in [0.5, 0.6) is 0 Å². The van der Waals surface area contributed by atoms with Gasteiger partial charge in [-0.25, -0.2) is 0 Å². The normalized spacial score (nSPS) is 27.7. The Balaban J connectivity index is 1.90. The fourth-order valence-corrected chi connectivity index (χ4v) is 2.66. The van der Waals surface area contributed by atoms with Crippen LogP contribution in [0.1, 0.15) is 46.0 Å². The van der Waals surface area contributed by atoms with Gasteiger partial charge in [0.15, 0.2) is 0 Å². The molecule has 15 heavy (non-hydrogen) atoms. The van der Waals surface area contributed by atoms with Crippen molar-refractivity contribution in [1.82, 2.24) is 5.32 Å². The van der Waals surface area contributed by atoms with Gasteiger partial charge in [0.25, 0.3) is 0 Å². The highest BCUT2D eigenvalue weighted by atomic mass is 14.9. The molecule has 1 heteroatoms. The minimum Gasteiger partial charge on any atom is -0.384 e. The van der Waals surface area contributed by atoms with Crippen LogP contribution >= 0.6 is 0 Å². The largest absolute Gasteiger partial charge is 0.384 e. The Morgan fingerprint density at radius 1 is 1.20 bits per heavy atom. The standard InChI is InChI=1S/C14H23N/c1-11(2)13-8-9-14(15-10-13)12-6-4-3-5-7-12/h8-12,14-15H,3-7H2,1-2H3. The van der Waals surface area contributed by atoms with Crippen LogP contribution in [0.3, 0.4) is 0 Å². The number of allylic oxidation sites excluding steroid dienone is 2. The molecule has 2 rings (SSSR count). The van der Waals surface area contributed by atoms with Gasteiger partial charge >= 0.3 is 0 Å². The van der Waals surface area contributed by atoms with Gasteiger partial charge in [-0.15, -0.1) is 0 Å². The maximum Gasteiger partial charge on any atom is 0.0470 e. The van der Waals surface area contributed by atoms with Crippen LogP contribution in [0.25, 0.3) is 0 Å². The lowest BCUT2D eigenvalue weighted by Crippen LogP contribution is -2.34. The van der Waals surface area contributed by atoms with Crippen molar-refractivity contribution in [3.8, 4) is 0 Å². The number of dihydropyridines is 1. The molecule has 1 fully saturated rings. The molecule has 0 bridgehead atoms. The number of hydrogen-bond acceptors (Lipinski definition) is 1. The summed E-state index contributed by atoms with van der Waals surface area (Å²) in [6, 6.07) is 0.604. The number of rotatable bonds is 2. The van der Waals surface area contributed by atoms with Crippen molar-refractivity contribution >= 4 is 0 Å². The highest BCUT2D eigenvalue weighted by Crippen LogP contribution is 2.28. The van der Waals surface area contributed by atoms with Crippen molar-refractivity contribution in [3.63, 3.8) is 0 Å². The average Bonchev–Trinajstić information content (AvgIpc) is 2.30. The van der Waals surface area contributed by atoms with Gasteiger partial charge in [-0.3, -0.25) is 0 Å². The highest BCUT2D eigenvalue weighted by Gasteiger charge is 2.22. The maximum atomic E-state index is 3.57. The quantitative estimate of drug-likeness (QED) is 0.726. The van der Waals surface area contributed by atoms with E-state index in [1.807, 2.05) is 0 Å². The molecule has 1 aliphatic carbocycles. The summed E-state index contributed by atoms with van der Waals surface area (Å²) in [6.45, 7) is 4.50. The first kappa shape index (κ1) is 10.8. The lowest BCUT2D eigenvalue weighted by atomic mass is 9.82. The summed E-state index contributed by atoms with van der Waals surface area (Å²) in [5, 5.41) is 3.57. The number of nitrogens with one attached hydrogen (secondary N) is 1. The molecule has 0 amide bonds. The van der Waals surface area contributed by atoms with Gasteiger partial charge in [0.05, 0.1) is 0 Å². The lowest BCUT2D eigenvalue weighted by molar-refractivity contribution is 0.312. The summed E-state index contributed by atoms with van der Waals surface area (Å²) in [5.41, 5.74) is 1.43. The van der Waals surface area contributed by atoms with E-state index in [0.717, 1.165) is 5.92 Å². The molecule has 0 aromatic rings. The molecule has 0 saturated heterocycles. The highest BCUT2D eigenvalue weighted by molar-refractivity contribution is 5.26. The first-order valence-electron chi connectivity index (χ1n) is 6.41. The Bertz CT molecular complexity index is 257. The van der Waals surface area contributed by atoms with E-state index in [-0.39, 0.29) is 0 Å². The number of hydrogen-bond donors (Lipinski definition) is 1. The molecule has 1 heterocycles. The van der Waals surface area contributed by atoms with E-state index in [1.165, 1.54) is 37.7 Å². The van der Waals surface area contributed by atoms with Gasteiger partial charge in [-0.1, -0.05) is 45.3 Å². The SMILES string of the molecule is CC(C)C1=CNC(C2CCCCC2)C=C1. The maximum absolute atomic E-state index is 3.57. The van der Waals surface area contributed by atoms with Gasteiger partial charge in [0.2, 0.25) is 0 Å². The predicted molar refractivity (Wildman–Crippen MR) is 65.6 cm³/mol. The molecule has 84 valence electrons. The fraction of sp³-hybridized carbons (Fsp3) is 0.714. The van der Waals surface area contributed by atoms with Crippen LogP contribution in [-0.2, 0) is 0 Å². The van der Waals surface area contributed by atoms with Crippen molar-refractivity contribution < 1.29 is 0 Å². The van der Waals surface area contributed by atoms with Crippen LogP contribution in [0.2, 0.25) is 0 Å². The van der Waals surface area contributed by atoms with Crippen molar-refractivity contribution in [2.75, 3.05) is 0 Å². The molecule has 0 aromatic heterocycles. The third-order valence-electron chi connectivity index (χ3n) is 3.76. The summed E-state index contributed by atoms with van der Waals surface area (Å²) in [6.07, 6.45) is 14.0. The van der Waals surface area contributed by atoms with Crippen LogP contribution in [0.4, 0.5) is 0 Å². The Morgan fingerprint density at radius 2 is 1.93 bits per heavy atom. The van der Waals surface area contributed by atoms with Gasteiger partial charge in [0.1, 0.15) is 0 Å². The fourth-order valence-electron chi connectivity index (χ4n) is 2.66. The van der Waals surface area contributed by atoms with E-state index in [2.05, 4.69) is 37.5 Å². The molecule has 1 saturated carbocycles. The molecule has 1 unspecified atom stereocenters. The molecular formula is C14H23N. The minimum absolute atomic E-state index is 0.604. The second kappa shape index (κ2) is 4.87. The van der Waals surface area contributed by atoms with E-state index < -0.39 is 0 Å². The molecule has 2 aliphatic rings. The van der Waals surface area contributed by atoms with Crippen LogP contribution in [0, 0.1) is 11.8 Å². The molecule has 1 N–H and O–H groups in total. The second-order valence-corrected chi connectivity index (χ2v) is 5.25. The monoisotopic (exact) mass is 205 g/mol. The van der Waals surface area contributed by atoms with Gasteiger partial charge in [0, 0.05) is 12.2 Å². The third kappa shape index (κ3) is 2.64. The first-order chi connectivity index (χ1) is 7.27. The Kier molecular flexibility index (Phi) is 3.50. The van der Waals surface area contributed by atoms with Crippen molar-refractivity contribution in [2.24, 2.45) is 11.8 Å². The molecule has 0 radical (unpaired) electrons. The van der Waals surface area contributed by atoms with Gasteiger partial charge in [-0.05, 0) is 30.3 Å². The van der Waals surface area contributed by atoms with E-state index in [0.29, 0.717) is 12.0 Å². The van der Waals surface area contributed by atoms with Gasteiger partial charge < -0.3 is 5.32 Å². The molecule has 1 nitrogen and oxygen atoms in total. The van der Waals surface area contributed by atoms with Gasteiger partial charge in [-0.2, -0.15) is 0 Å². The van der Waals surface area contributed by atoms with E-state index in [4.69, 9.17) is 0 Å². The summed E-state index contributed by atoms with van der Waals surface area (Å²) < 4.78 is 0. The Labute approximate surface area is 93.6 Å². The van der Waals surface area contributed by atoms with Crippen LogP contribution in [0.15, 0.2) is 23.9 Å². The predicted octanol–water partition coefficient (Wildman–Crippen LogP) is 3.63. The molecular weight excluding hydrogens is 182 g/mol. The van der Waals surface area contributed by atoms with E-state index >= 15 is 0 Å². The zero-order chi connectivity index (χ0) is 10.7. The third-order valence-corrected chi connectivity index (χ3v) is 3.76. The summed E-state index contributed by atoms with van der Waals surface area (Å²) in [7, 11) is 0. The zero-order valence-electron chi connectivity index (χ0n) is 10.00. The second-order valence-electron chi connectivity index (χ2n) is 5.25. The molecule has 1 aliphatic heterocycles. The summed E-state index contributed by atoms with van der Waals surface area (Å²) in [4.78, 5) is 0. The summed E-state index contributed by atoms with van der Waals surface area (Å²) in [5.74, 6) is 1.51. The topological polar surface area (TPSA) is 12.0 Å². The lowest BCUT2D eigenvalue weighted by Gasteiger charge is -2.31. The van der Waals surface area contributed by atoms with Crippen molar-refractivity contribution in [1.29, 1.82) is 0 Å². The van der Waals surface area contributed by atoms with Crippen molar-refractivity contribution in [2.45, 2.75) is 52.0 Å². The molecule has 0 spiro atoms. The smallest absolute Gasteiger partial charge is 0.0470 e. The van der Waals surface area contributed by atoms with Crippen molar-refractivity contribution in [3.05, 3.63) is 23.9 Å². The Morgan fingerprint density at radius 3 is 2.47 bits per heavy atom. The van der Waals surface area contributed by atoms with Crippen LogP contribution < -0.4 is 5.32 Å². The minimum atomic E-state index is 0.604. The first-order valence-corrected chi connectivity index (χ1v) is 6.41. The average molecular weight is 205 g/mol.